The molecule has 1 unspecified atom stereocenters. The van der Waals surface area contributed by atoms with E-state index in [0.717, 1.165) is 42.2 Å². The normalized spacial score (nSPS) is 17.6. The molecule has 2 N–H and O–H groups in total. The summed E-state index contributed by atoms with van der Waals surface area (Å²) in [6.45, 7) is 0.773. The van der Waals surface area contributed by atoms with Crippen LogP contribution in [0.1, 0.15) is 36.8 Å². The van der Waals surface area contributed by atoms with Gasteiger partial charge in [-0.25, -0.2) is 4.79 Å². The lowest BCUT2D eigenvalue weighted by Crippen LogP contribution is -2.32. The van der Waals surface area contributed by atoms with Crippen molar-refractivity contribution in [1.82, 2.24) is 5.32 Å². The number of fused-ring (bicyclic) bond motifs is 3. The molecule has 2 aliphatic rings. The smallest absolute Gasteiger partial charge is 0.339 e. The summed E-state index contributed by atoms with van der Waals surface area (Å²) in [5.74, 6) is 0.694. The summed E-state index contributed by atoms with van der Waals surface area (Å²) in [4.78, 5) is 12.2. The van der Waals surface area contributed by atoms with E-state index >= 15 is 0 Å². The summed E-state index contributed by atoms with van der Waals surface area (Å²) in [6.07, 6.45) is 5.60. The lowest BCUT2D eigenvalue weighted by Gasteiger charge is -2.19. The minimum absolute atomic E-state index is 0. The molecule has 0 radical (unpaired) electrons. The molecule has 2 aromatic rings. The van der Waals surface area contributed by atoms with Crippen LogP contribution in [0.3, 0.4) is 0 Å². The largest absolute Gasteiger partial charge is 0.490 e. The maximum atomic E-state index is 12.2. The summed E-state index contributed by atoms with van der Waals surface area (Å²) >= 11 is 0. The van der Waals surface area contributed by atoms with Gasteiger partial charge in [-0.3, -0.25) is 0 Å². The maximum absolute atomic E-state index is 12.2. The predicted molar refractivity (Wildman–Crippen MR) is 98.9 cm³/mol. The molecule has 1 atom stereocenters. The highest BCUT2D eigenvalue weighted by Gasteiger charge is 2.22. The number of nitrogens with one attached hydrogen (secondary N) is 1. The van der Waals surface area contributed by atoms with Crippen molar-refractivity contribution in [3.8, 4) is 5.75 Å². The van der Waals surface area contributed by atoms with Crippen molar-refractivity contribution >= 4 is 23.4 Å². The molecule has 1 heterocycles. The van der Waals surface area contributed by atoms with Crippen molar-refractivity contribution < 1.29 is 14.3 Å². The first-order chi connectivity index (χ1) is 11.7. The molecule has 0 aliphatic heterocycles. The fourth-order valence-corrected chi connectivity index (χ4v) is 3.42. The quantitative estimate of drug-likeness (QED) is 0.770. The minimum atomic E-state index is -0.549. The van der Waals surface area contributed by atoms with Gasteiger partial charge < -0.3 is 19.6 Å². The Morgan fingerprint density at radius 1 is 1.24 bits per heavy atom. The molecule has 0 amide bonds. The number of aliphatic hydroxyl groups excluding tert-OH is 1. The van der Waals surface area contributed by atoms with Crippen LogP contribution in [0.4, 0.5) is 0 Å². The predicted octanol–water partition coefficient (Wildman–Crippen LogP) is 2.59. The van der Waals surface area contributed by atoms with Gasteiger partial charge in [-0.05, 0) is 56.2 Å². The van der Waals surface area contributed by atoms with Crippen LogP contribution in [-0.2, 0) is 12.8 Å². The zero-order valence-corrected chi connectivity index (χ0v) is 14.9. The Hall–Kier alpha value is -1.56. The molecule has 1 fully saturated rings. The van der Waals surface area contributed by atoms with E-state index < -0.39 is 6.10 Å². The molecule has 6 heteroatoms. The highest BCUT2D eigenvalue weighted by Crippen LogP contribution is 2.33. The standard InChI is InChI=1S/C19H23NO4.ClH/c21-13(10-20-12-8-9-12)11-23-16-6-3-7-17-18(16)14-4-1-2-5-15(14)19(22)24-17;/h3,6-7,12-13,20-21H,1-2,4-5,8-11H2;1H. The highest BCUT2D eigenvalue weighted by molar-refractivity contribution is 5.88. The van der Waals surface area contributed by atoms with Crippen LogP contribution < -0.4 is 15.7 Å². The number of hydrogen-bond acceptors (Lipinski definition) is 5. The molecule has 25 heavy (non-hydrogen) atoms. The number of benzene rings is 1. The van der Waals surface area contributed by atoms with E-state index in [1.165, 1.54) is 12.8 Å². The van der Waals surface area contributed by atoms with Crippen LogP contribution in [0.2, 0.25) is 0 Å². The average Bonchev–Trinajstić information content (AvgIpc) is 3.42. The van der Waals surface area contributed by atoms with Gasteiger partial charge in [0.25, 0.3) is 0 Å². The lowest BCUT2D eigenvalue weighted by atomic mass is 9.90. The van der Waals surface area contributed by atoms with Crippen LogP contribution in [0.5, 0.6) is 5.75 Å². The van der Waals surface area contributed by atoms with Gasteiger partial charge in [-0.15, -0.1) is 12.4 Å². The van der Waals surface area contributed by atoms with Gasteiger partial charge in [0.1, 0.15) is 24.0 Å². The molecule has 4 rings (SSSR count). The van der Waals surface area contributed by atoms with Gasteiger partial charge in [0.15, 0.2) is 0 Å². The monoisotopic (exact) mass is 365 g/mol. The summed E-state index contributed by atoms with van der Waals surface area (Å²) in [5, 5.41) is 14.3. The summed E-state index contributed by atoms with van der Waals surface area (Å²) < 4.78 is 11.4. The Labute approximate surface area is 152 Å². The Bertz CT molecular complexity index is 800. The van der Waals surface area contributed by atoms with Crippen LogP contribution in [0.15, 0.2) is 27.4 Å². The molecule has 0 spiro atoms. The van der Waals surface area contributed by atoms with Crippen LogP contribution in [0, 0.1) is 0 Å². The molecule has 2 aliphatic carbocycles. The molecule has 1 aromatic heterocycles. The second-order valence-electron chi connectivity index (χ2n) is 6.83. The Kier molecular flexibility index (Phi) is 5.67. The van der Waals surface area contributed by atoms with E-state index in [0.29, 0.717) is 23.9 Å². The zero-order chi connectivity index (χ0) is 16.5. The summed E-state index contributed by atoms with van der Waals surface area (Å²) in [5.41, 5.74) is 2.21. The van der Waals surface area contributed by atoms with Gasteiger partial charge in [0.2, 0.25) is 0 Å². The summed E-state index contributed by atoms with van der Waals surface area (Å²) in [6, 6.07) is 6.09. The van der Waals surface area contributed by atoms with Crippen molar-refractivity contribution in [2.75, 3.05) is 13.2 Å². The molecule has 1 saturated carbocycles. The zero-order valence-electron chi connectivity index (χ0n) is 14.1. The van der Waals surface area contributed by atoms with E-state index in [4.69, 9.17) is 9.15 Å². The topological polar surface area (TPSA) is 71.7 Å². The van der Waals surface area contributed by atoms with Gasteiger partial charge in [0.05, 0.1) is 5.39 Å². The number of hydrogen-bond donors (Lipinski definition) is 2. The van der Waals surface area contributed by atoms with Crippen LogP contribution >= 0.6 is 12.4 Å². The number of aliphatic hydroxyl groups is 1. The number of rotatable bonds is 6. The van der Waals surface area contributed by atoms with E-state index in [2.05, 4.69) is 5.32 Å². The van der Waals surface area contributed by atoms with Gasteiger partial charge in [0, 0.05) is 18.2 Å². The van der Waals surface area contributed by atoms with Crippen molar-refractivity contribution in [3.05, 3.63) is 39.7 Å². The third-order valence-corrected chi connectivity index (χ3v) is 4.86. The highest BCUT2D eigenvalue weighted by atomic mass is 35.5. The molecule has 0 bridgehead atoms. The van der Waals surface area contributed by atoms with Gasteiger partial charge in [-0.2, -0.15) is 0 Å². The van der Waals surface area contributed by atoms with Crippen molar-refractivity contribution in [1.29, 1.82) is 0 Å². The maximum Gasteiger partial charge on any atom is 0.339 e. The first-order valence-corrected chi connectivity index (χ1v) is 8.84. The molecule has 136 valence electrons. The van der Waals surface area contributed by atoms with Crippen molar-refractivity contribution in [2.24, 2.45) is 0 Å². The van der Waals surface area contributed by atoms with E-state index in [9.17, 15) is 9.90 Å². The molecule has 5 nitrogen and oxygen atoms in total. The Balaban J connectivity index is 0.00000182. The van der Waals surface area contributed by atoms with Crippen LogP contribution in [-0.4, -0.2) is 30.4 Å². The molecular formula is C19H24ClNO4. The van der Waals surface area contributed by atoms with E-state index in [1.54, 1.807) is 0 Å². The number of aryl methyl sites for hydroxylation is 1. The second kappa shape index (κ2) is 7.77. The van der Waals surface area contributed by atoms with Crippen molar-refractivity contribution in [3.63, 3.8) is 0 Å². The van der Waals surface area contributed by atoms with E-state index in [1.807, 2.05) is 18.2 Å². The first kappa shape index (κ1) is 18.2. The first-order valence-electron chi connectivity index (χ1n) is 8.84. The third-order valence-electron chi connectivity index (χ3n) is 4.86. The van der Waals surface area contributed by atoms with Crippen LogP contribution in [0.25, 0.3) is 11.0 Å². The second-order valence-corrected chi connectivity index (χ2v) is 6.83. The number of ether oxygens (including phenoxy) is 1. The number of halogens is 1. The third kappa shape index (κ3) is 4.00. The summed E-state index contributed by atoms with van der Waals surface area (Å²) in [7, 11) is 0. The molecular weight excluding hydrogens is 342 g/mol. The van der Waals surface area contributed by atoms with Gasteiger partial charge >= 0.3 is 5.63 Å². The fourth-order valence-electron chi connectivity index (χ4n) is 3.42. The SMILES string of the molecule is Cl.O=c1oc2cccc(OCC(O)CNC3CC3)c2c2c1CCCC2. The molecule has 1 aromatic carbocycles. The Morgan fingerprint density at radius 2 is 2.00 bits per heavy atom. The fraction of sp³-hybridized carbons (Fsp3) is 0.526. The van der Waals surface area contributed by atoms with Gasteiger partial charge in [-0.1, -0.05) is 6.07 Å². The minimum Gasteiger partial charge on any atom is -0.490 e. The Morgan fingerprint density at radius 3 is 2.76 bits per heavy atom. The lowest BCUT2D eigenvalue weighted by molar-refractivity contribution is 0.107. The molecule has 0 saturated heterocycles. The van der Waals surface area contributed by atoms with E-state index in [-0.39, 0.29) is 24.6 Å². The van der Waals surface area contributed by atoms with Crippen molar-refractivity contribution in [2.45, 2.75) is 50.7 Å². The average molecular weight is 366 g/mol.